The number of fused-ring (bicyclic) bond motifs is 1. The van der Waals surface area contributed by atoms with Crippen LogP contribution in [0.2, 0.25) is 5.02 Å². The van der Waals surface area contributed by atoms with Crippen LogP contribution < -0.4 is 5.32 Å². The highest BCUT2D eigenvalue weighted by atomic mass is 35.5. The minimum absolute atomic E-state index is 0.224. The van der Waals surface area contributed by atoms with Crippen LogP contribution in [0.25, 0.3) is 11.0 Å². The van der Waals surface area contributed by atoms with Gasteiger partial charge in [-0.05, 0) is 12.3 Å². The maximum Gasteiger partial charge on any atom is 0.222 e. The fourth-order valence-electron chi connectivity index (χ4n) is 3.13. The van der Waals surface area contributed by atoms with Gasteiger partial charge >= 0.3 is 0 Å². The van der Waals surface area contributed by atoms with Crippen molar-refractivity contribution in [2.24, 2.45) is 5.92 Å². The fraction of sp³-hybridized carbons (Fsp3) is 0.562. The summed E-state index contributed by atoms with van der Waals surface area (Å²) >= 11 is 6.22. The van der Waals surface area contributed by atoms with Crippen LogP contribution in [-0.2, 0) is 11.3 Å². The maximum absolute atomic E-state index is 11.9. The Morgan fingerprint density at radius 1 is 1.52 bits per heavy atom. The standard InChI is InChI=1S/C16H22ClN5O/c1-3-14(23)22-5-4-10(2)13(8-22)18-7-12-15-11(17)6-19-16(15)21-9-20-12/h6,9-10,13,18H,3-5,7-8H2,1-2H3,(H,19,20,21). The molecule has 2 N–H and O–H groups in total. The molecule has 0 spiro atoms. The number of rotatable bonds is 4. The normalized spacial score (nSPS) is 21.8. The lowest BCUT2D eigenvalue weighted by Gasteiger charge is -2.37. The first-order valence-corrected chi connectivity index (χ1v) is 8.45. The quantitative estimate of drug-likeness (QED) is 0.899. The van der Waals surface area contributed by atoms with Gasteiger partial charge in [0.1, 0.15) is 12.0 Å². The number of H-pyrrole nitrogens is 1. The van der Waals surface area contributed by atoms with Crippen molar-refractivity contribution >= 4 is 28.5 Å². The lowest BCUT2D eigenvalue weighted by molar-refractivity contribution is -0.132. The smallest absolute Gasteiger partial charge is 0.222 e. The molecule has 3 heterocycles. The molecule has 1 amide bonds. The molecule has 1 aliphatic rings. The molecule has 0 aromatic carbocycles. The number of hydrogen-bond donors (Lipinski definition) is 2. The molecule has 1 saturated heterocycles. The predicted octanol–water partition coefficient (Wildman–Crippen LogP) is 2.35. The number of aromatic amines is 1. The second-order valence-electron chi connectivity index (χ2n) is 6.13. The lowest BCUT2D eigenvalue weighted by Crippen LogP contribution is -2.51. The molecule has 2 unspecified atom stereocenters. The first kappa shape index (κ1) is 16.2. The van der Waals surface area contributed by atoms with E-state index in [1.165, 1.54) is 0 Å². The van der Waals surface area contributed by atoms with Gasteiger partial charge in [-0.1, -0.05) is 25.4 Å². The number of piperidine rings is 1. The van der Waals surface area contributed by atoms with Crippen molar-refractivity contribution in [3.8, 4) is 0 Å². The first-order valence-electron chi connectivity index (χ1n) is 8.07. The molecule has 2 atom stereocenters. The number of nitrogens with zero attached hydrogens (tertiary/aromatic N) is 3. The molecule has 0 radical (unpaired) electrons. The van der Waals surface area contributed by atoms with Gasteiger partial charge in [-0.15, -0.1) is 0 Å². The minimum Gasteiger partial charge on any atom is -0.344 e. The molecule has 0 saturated carbocycles. The van der Waals surface area contributed by atoms with Gasteiger partial charge in [-0.25, -0.2) is 9.97 Å². The van der Waals surface area contributed by atoms with E-state index in [4.69, 9.17) is 11.6 Å². The number of carbonyl (C=O) groups is 1. The third-order valence-corrected chi connectivity index (χ3v) is 4.94. The van der Waals surface area contributed by atoms with Crippen molar-refractivity contribution in [2.75, 3.05) is 13.1 Å². The van der Waals surface area contributed by atoms with Gasteiger partial charge in [-0.3, -0.25) is 4.79 Å². The maximum atomic E-state index is 11.9. The number of aromatic nitrogens is 3. The first-order chi connectivity index (χ1) is 11.1. The van der Waals surface area contributed by atoms with Crippen molar-refractivity contribution in [2.45, 2.75) is 39.3 Å². The van der Waals surface area contributed by atoms with E-state index in [9.17, 15) is 4.79 Å². The average Bonchev–Trinajstić information content (AvgIpc) is 2.95. The summed E-state index contributed by atoms with van der Waals surface area (Å²) in [7, 11) is 0. The van der Waals surface area contributed by atoms with Gasteiger partial charge in [0.15, 0.2) is 0 Å². The summed E-state index contributed by atoms with van der Waals surface area (Å²) < 4.78 is 0. The summed E-state index contributed by atoms with van der Waals surface area (Å²) in [5.74, 6) is 0.747. The Bertz CT molecular complexity index is 701. The van der Waals surface area contributed by atoms with Crippen molar-refractivity contribution < 1.29 is 4.79 Å². The molecule has 7 heteroatoms. The molecule has 0 aliphatic carbocycles. The minimum atomic E-state index is 0.224. The zero-order valence-corrected chi connectivity index (χ0v) is 14.2. The number of hydrogen-bond acceptors (Lipinski definition) is 4. The topological polar surface area (TPSA) is 73.9 Å². The third-order valence-electron chi connectivity index (χ3n) is 4.65. The summed E-state index contributed by atoms with van der Waals surface area (Å²) in [6, 6.07) is 0.266. The number of carbonyl (C=O) groups excluding carboxylic acids is 1. The van der Waals surface area contributed by atoms with E-state index in [-0.39, 0.29) is 11.9 Å². The second kappa shape index (κ2) is 6.84. The molecular weight excluding hydrogens is 314 g/mol. The van der Waals surface area contributed by atoms with Crippen molar-refractivity contribution in [1.29, 1.82) is 0 Å². The van der Waals surface area contributed by atoms with Gasteiger partial charge in [0.25, 0.3) is 0 Å². The van der Waals surface area contributed by atoms with Gasteiger partial charge in [0.2, 0.25) is 5.91 Å². The molecule has 3 rings (SSSR count). The van der Waals surface area contributed by atoms with Crippen molar-refractivity contribution in [3.05, 3.63) is 23.2 Å². The van der Waals surface area contributed by atoms with E-state index in [0.29, 0.717) is 23.9 Å². The Hall–Kier alpha value is -1.66. The van der Waals surface area contributed by atoms with Crippen LogP contribution in [-0.4, -0.2) is 44.9 Å². The largest absolute Gasteiger partial charge is 0.344 e. The van der Waals surface area contributed by atoms with E-state index in [1.54, 1.807) is 12.5 Å². The zero-order chi connectivity index (χ0) is 16.4. The highest BCUT2D eigenvalue weighted by Gasteiger charge is 2.28. The molecule has 2 aromatic rings. The van der Waals surface area contributed by atoms with Crippen molar-refractivity contribution in [3.63, 3.8) is 0 Å². The van der Waals surface area contributed by atoms with Crippen LogP contribution in [0.1, 0.15) is 32.4 Å². The summed E-state index contributed by atoms with van der Waals surface area (Å²) in [5.41, 5.74) is 1.63. The van der Waals surface area contributed by atoms with E-state index >= 15 is 0 Å². The summed E-state index contributed by atoms with van der Waals surface area (Å²) in [5, 5.41) is 5.05. The molecule has 6 nitrogen and oxygen atoms in total. The SMILES string of the molecule is CCC(=O)N1CCC(C)C(NCc2ncnc3[nH]cc(Cl)c23)C1. The van der Waals surface area contributed by atoms with E-state index in [1.807, 2.05) is 11.8 Å². The second-order valence-corrected chi connectivity index (χ2v) is 6.53. The van der Waals surface area contributed by atoms with E-state index < -0.39 is 0 Å². The van der Waals surface area contributed by atoms with Crippen LogP contribution in [0.5, 0.6) is 0 Å². The number of likely N-dealkylation sites (tertiary alicyclic amines) is 1. The van der Waals surface area contributed by atoms with Gasteiger partial charge in [-0.2, -0.15) is 0 Å². The molecule has 23 heavy (non-hydrogen) atoms. The Kier molecular flexibility index (Phi) is 4.82. The van der Waals surface area contributed by atoms with Crippen LogP contribution >= 0.6 is 11.6 Å². The molecular formula is C16H22ClN5O. The third kappa shape index (κ3) is 3.33. The Morgan fingerprint density at radius 2 is 2.35 bits per heavy atom. The van der Waals surface area contributed by atoms with Crippen LogP contribution in [0.4, 0.5) is 0 Å². The molecule has 124 valence electrons. The van der Waals surface area contributed by atoms with Gasteiger partial charge in [0, 0.05) is 38.3 Å². The van der Waals surface area contributed by atoms with Gasteiger partial charge < -0.3 is 15.2 Å². The average molecular weight is 336 g/mol. The number of halogens is 1. The zero-order valence-electron chi connectivity index (χ0n) is 13.5. The monoisotopic (exact) mass is 335 g/mol. The van der Waals surface area contributed by atoms with Crippen LogP contribution in [0, 0.1) is 5.92 Å². The molecule has 2 aromatic heterocycles. The van der Waals surface area contributed by atoms with E-state index in [2.05, 4.69) is 27.2 Å². The van der Waals surface area contributed by atoms with Crippen LogP contribution in [0.15, 0.2) is 12.5 Å². The number of nitrogens with one attached hydrogen (secondary N) is 2. The summed E-state index contributed by atoms with van der Waals surface area (Å²) in [6.45, 7) is 6.36. The predicted molar refractivity (Wildman–Crippen MR) is 90.2 cm³/mol. The Labute approximate surface area is 140 Å². The fourth-order valence-corrected chi connectivity index (χ4v) is 3.39. The summed E-state index contributed by atoms with van der Waals surface area (Å²) in [6.07, 6.45) is 4.86. The van der Waals surface area contributed by atoms with Gasteiger partial charge in [0.05, 0.1) is 16.1 Å². The van der Waals surface area contributed by atoms with E-state index in [0.717, 1.165) is 36.2 Å². The Morgan fingerprint density at radius 3 is 3.13 bits per heavy atom. The highest BCUT2D eigenvalue weighted by molar-refractivity contribution is 6.35. The lowest BCUT2D eigenvalue weighted by atomic mass is 9.93. The molecule has 1 fully saturated rings. The highest BCUT2D eigenvalue weighted by Crippen LogP contribution is 2.24. The van der Waals surface area contributed by atoms with Crippen LogP contribution in [0.3, 0.4) is 0 Å². The molecule has 1 aliphatic heterocycles. The van der Waals surface area contributed by atoms with Crippen molar-refractivity contribution in [1.82, 2.24) is 25.2 Å². The summed E-state index contributed by atoms with van der Waals surface area (Å²) in [4.78, 5) is 25.5. The molecule has 0 bridgehead atoms. The number of amides is 1. The Balaban J connectivity index is 1.71.